The highest BCUT2D eigenvalue weighted by Gasteiger charge is 2.25. The molecule has 166 valence electrons. The van der Waals surface area contributed by atoms with E-state index in [0.29, 0.717) is 36.4 Å². The first-order chi connectivity index (χ1) is 15.5. The van der Waals surface area contributed by atoms with Gasteiger partial charge in [0, 0.05) is 38.7 Å². The highest BCUT2D eigenvalue weighted by Crippen LogP contribution is 2.29. The zero-order valence-electron chi connectivity index (χ0n) is 17.9. The van der Waals surface area contributed by atoms with Crippen LogP contribution in [0.2, 0.25) is 0 Å². The summed E-state index contributed by atoms with van der Waals surface area (Å²) in [5, 5.41) is 15.2. The molecule has 1 fully saturated rings. The lowest BCUT2D eigenvalue weighted by Gasteiger charge is -2.18. The summed E-state index contributed by atoms with van der Waals surface area (Å²) in [6.45, 7) is 2.21. The van der Waals surface area contributed by atoms with Crippen LogP contribution in [-0.2, 0) is 22.5 Å². The highest BCUT2D eigenvalue weighted by molar-refractivity contribution is 5.99. The Bertz CT molecular complexity index is 1070. The van der Waals surface area contributed by atoms with Crippen LogP contribution in [0.15, 0.2) is 36.4 Å². The monoisotopic (exact) mass is 436 g/mol. The minimum atomic E-state index is -0.872. The Morgan fingerprint density at radius 1 is 1.34 bits per heavy atom. The van der Waals surface area contributed by atoms with Crippen LogP contribution >= 0.6 is 0 Å². The van der Waals surface area contributed by atoms with Crippen molar-refractivity contribution in [3.8, 4) is 17.2 Å². The van der Waals surface area contributed by atoms with Crippen molar-refractivity contribution in [1.29, 1.82) is 5.26 Å². The Labute approximate surface area is 186 Å². The second-order valence-electron chi connectivity index (χ2n) is 8.15. The number of carbonyl (C=O) groups excluding carboxylic acids is 2. The van der Waals surface area contributed by atoms with Gasteiger partial charge in [0.15, 0.2) is 0 Å². The SMILES string of the molecule is CN1Cc2ccc(-c3ccc(C[C@@H](C#N)NC(=O)[C@@H]4CNCCCO4)c(F)c3)cc2C1=O. The van der Waals surface area contributed by atoms with Crippen LogP contribution in [0.25, 0.3) is 11.1 Å². The van der Waals surface area contributed by atoms with Gasteiger partial charge in [-0.2, -0.15) is 5.26 Å². The second kappa shape index (κ2) is 9.47. The molecule has 2 aliphatic heterocycles. The fraction of sp³-hybridized carbons (Fsp3) is 0.375. The van der Waals surface area contributed by atoms with E-state index in [1.165, 1.54) is 6.07 Å². The van der Waals surface area contributed by atoms with Crippen molar-refractivity contribution in [2.24, 2.45) is 0 Å². The lowest BCUT2D eigenvalue weighted by molar-refractivity contribution is -0.132. The first-order valence-corrected chi connectivity index (χ1v) is 10.7. The molecule has 2 heterocycles. The molecule has 0 aliphatic carbocycles. The standard InChI is InChI=1S/C24H25FN4O3/c1-29-14-18-6-4-15(10-20(18)24(29)31)16-3-5-17(21(25)11-16)9-19(12-26)28-23(30)22-13-27-7-2-8-32-22/h3-6,10-11,19,22,27H,2,7-9,13-14H2,1H3,(H,28,30)/t19-,22-/m0/s1. The minimum Gasteiger partial charge on any atom is -0.367 e. The lowest BCUT2D eigenvalue weighted by Crippen LogP contribution is -2.46. The van der Waals surface area contributed by atoms with Gasteiger partial charge in [-0.25, -0.2) is 4.39 Å². The van der Waals surface area contributed by atoms with Crippen molar-refractivity contribution in [2.45, 2.75) is 31.5 Å². The van der Waals surface area contributed by atoms with Gasteiger partial charge in [-0.1, -0.05) is 24.3 Å². The molecule has 2 N–H and O–H groups in total. The summed E-state index contributed by atoms with van der Waals surface area (Å²) in [6, 6.07) is 11.5. The number of ether oxygens (including phenoxy) is 1. The molecule has 8 heteroatoms. The van der Waals surface area contributed by atoms with E-state index in [0.717, 1.165) is 24.1 Å². The number of fused-ring (bicyclic) bond motifs is 1. The number of carbonyl (C=O) groups is 2. The number of amides is 2. The molecule has 2 atom stereocenters. The number of benzene rings is 2. The minimum absolute atomic E-state index is 0.0422. The van der Waals surface area contributed by atoms with Crippen LogP contribution in [0, 0.1) is 17.1 Å². The summed E-state index contributed by atoms with van der Waals surface area (Å²) >= 11 is 0. The number of halogens is 1. The lowest BCUT2D eigenvalue weighted by atomic mass is 9.97. The Morgan fingerprint density at radius 2 is 2.12 bits per heavy atom. The Kier molecular flexibility index (Phi) is 6.49. The number of nitriles is 1. The number of hydrogen-bond donors (Lipinski definition) is 2. The molecule has 2 aliphatic rings. The third-order valence-electron chi connectivity index (χ3n) is 5.82. The summed E-state index contributed by atoms with van der Waals surface area (Å²) in [4.78, 5) is 26.3. The van der Waals surface area contributed by atoms with Gasteiger partial charge in [0.2, 0.25) is 0 Å². The van der Waals surface area contributed by atoms with E-state index in [9.17, 15) is 19.2 Å². The van der Waals surface area contributed by atoms with Gasteiger partial charge in [-0.15, -0.1) is 0 Å². The molecule has 0 unspecified atom stereocenters. The largest absolute Gasteiger partial charge is 0.367 e. The third-order valence-corrected chi connectivity index (χ3v) is 5.82. The molecule has 0 saturated carbocycles. The maximum absolute atomic E-state index is 14.9. The maximum atomic E-state index is 14.9. The maximum Gasteiger partial charge on any atom is 0.254 e. The Morgan fingerprint density at radius 3 is 2.91 bits per heavy atom. The summed E-state index contributed by atoms with van der Waals surface area (Å²) in [5.41, 5.74) is 3.32. The average molecular weight is 436 g/mol. The molecular formula is C24H25FN4O3. The molecule has 32 heavy (non-hydrogen) atoms. The van der Waals surface area contributed by atoms with Crippen molar-refractivity contribution in [2.75, 3.05) is 26.7 Å². The van der Waals surface area contributed by atoms with Crippen molar-refractivity contribution >= 4 is 11.8 Å². The first-order valence-electron chi connectivity index (χ1n) is 10.7. The molecule has 0 spiro atoms. The van der Waals surface area contributed by atoms with Crippen LogP contribution in [-0.4, -0.2) is 55.6 Å². The van der Waals surface area contributed by atoms with Crippen molar-refractivity contribution in [1.82, 2.24) is 15.5 Å². The van der Waals surface area contributed by atoms with E-state index in [1.54, 1.807) is 30.1 Å². The van der Waals surface area contributed by atoms with Crippen LogP contribution in [0.4, 0.5) is 4.39 Å². The predicted octanol–water partition coefficient (Wildman–Crippen LogP) is 2.01. The van der Waals surface area contributed by atoms with E-state index in [2.05, 4.69) is 10.6 Å². The quantitative estimate of drug-likeness (QED) is 0.748. The van der Waals surface area contributed by atoms with Crippen molar-refractivity contribution in [3.05, 3.63) is 58.9 Å². The predicted molar refractivity (Wildman–Crippen MR) is 116 cm³/mol. The Balaban J connectivity index is 1.46. The van der Waals surface area contributed by atoms with E-state index >= 15 is 0 Å². The number of rotatable bonds is 5. The van der Waals surface area contributed by atoms with Crippen molar-refractivity contribution < 1.29 is 18.7 Å². The normalized spacial score (nSPS) is 19.1. The first kappa shape index (κ1) is 21.9. The fourth-order valence-corrected chi connectivity index (χ4v) is 4.02. The zero-order valence-corrected chi connectivity index (χ0v) is 17.9. The third kappa shape index (κ3) is 4.64. The number of nitrogens with zero attached hydrogens (tertiary/aromatic N) is 2. The zero-order chi connectivity index (χ0) is 22.7. The molecule has 1 saturated heterocycles. The van der Waals surface area contributed by atoms with E-state index in [1.807, 2.05) is 18.2 Å². The summed E-state index contributed by atoms with van der Waals surface area (Å²) < 4.78 is 20.4. The molecule has 2 aromatic carbocycles. The molecule has 7 nitrogen and oxygen atoms in total. The summed E-state index contributed by atoms with van der Waals surface area (Å²) in [6.07, 6.45) is 0.196. The van der Waals surface area contributed by atoms with Crippen LogP contribution in [0.3, 0.4) is 0 Å². The van der Waals surface area contributed by atoms with Gasteiger partial charge in [-0.05, 0) is 47.4 Å². The molecule has 4 rings (SSSR count). The second-order valence-corrected chi connectivity index (χ2v) is 8.15. The number of nitrogens with one attached hydrogen (secondary N) is 2. The molecule has 0 aromatic heterocycles. The summed E-state index contributed by atoms with van der Waals surface area (Å²) in [5.74, 6) is -0.886. The van der Waals surface area contributed by atoms with E-state index in [-0.39, 0.29) is 18.2 Å². The summed E-state index contributed by atoms with van der Waals surface area (Å²) in [7, 11) is 1.75. The molecular weight excluding hydrogens is 411 g/mol. The molecule has 2 amide bonds. The Hall–Kier alpha value is -3.28. The van der Waals surface area contributed by atoms with Crippen LogP contribution in [0.5, 0.6) is 0 Å². The van der Waals surface area contributed by atoms with Gasteiger partial charge in [0.05, 0.1) is 6.07 Å². The fourth-order valence-electron chi connectivity index (χ4n) is 4.02. The molecule has 0 bridgehead atoms. The van der Waals surface area contributed by atoms with Gasteiger partial charge in [0.25, 0.3) is 11.8 Å². The molecule has 0 radical (unpaired) electrons. The molecule has 2 aromatic rings. The van der Waals surface area contributed by atoms with Crippen LogP contribution in [0.1, 0.15) is 27.9 Å². The van der Waals surface area contributed by atoms with Crippen molar-refractivity contribution in [3.63, 3.8) is 0 Å². The van der Waals surface area contributed by atoms with Gasteiger partial charge in [-0.3, -0.25) is 9.59 Å². The highest BCUT2D eigenvalue weighted by atomic mass is 19.1. The van der Waals surface area contributed by atoms with Crippen LogP contribution < -0.4 is 10.6 Å². The van der Waals surface area contributed by atoms with E-state index < -0.39 is 18.0 Å². The van der Waals surface area contributed by atoms with Gasteiger partial charge in [0.1, 0.15) is 18.0 Å². The smallest absolute Gasteiger partial charge is 0.254 e. The van der Waals surface area contributed by atoms with Gasteiger partial charge >= 0.3 is 0 Å². The van der Waals surface area contributed by atoms with Gasteiger partial charge < -0.3 is 20.3 Å². The number of hydrogen-bond acceptors (Lipinski definition) is 5. The van der Waals surface area contributed by atoms with E-state index in [4.69, 9.17) is 4.74 Å². The topological polar surface area (TPSA) is 94.5 Å². The average Bonchev–Trinajstić information content (AvgIpc) is 2.97.